The van der Waals surface area contributed by atoms with Crippen molar-refractivity contribution in [1.82, 2.24) is 4.98 Å². The summed E-state index contributed by atoms with van der Waals surface area (Å²) in [6.07, 6.45) is 0. The molecule has 1 aromatic heterocycles. The van der Waals surface area contributed by atoms with E-state index in [0.717, 1.165) is 21.7 Å². The molecular weight excluding hydrogens is 328 g/mol. The first kappa shape index (κ1) is 14.7. The van der Waals surface area contributed by atoms with Crippen molar-refractivity contribution in [2.75, 3.05) is 17.7 Å². The maximum atomic E-state index is 13.7. The van der Waals surface area contributed by atoms with Crippen molar-refractivity contribution in [3.8, 4) is 0 Å². The Morgan fingerprint density at radius 3 is 2.10 bits per heavy atom. The predicted molar refractivity (Wildman–Crippen MR) is 80.6 cm³/mol. The van der Waals surface area contributed by atoms with Crippen LogP contribution in [-0.2, 0) is 0 Å². The van der Waals surface area contributed by atoms with Gasteiger partial charge in [0.05, 0.1) is 0 Å². The topological polar surface area (TPSA) is 37.0 Å². The fraction of sp³-hybridized carbons (Fsp3) is 0.214. The van der Waals surface area contributed by atoms with Crippen LogP contribution in [0.2, 0.25) is 0 Å². The molecule has 1 aromatic carbocycles. The molecule has 0 saturated carbocycles. The van der Waals surface area contributed by atoms with Crippen LogP contribution in [-0.4, -0.2) is 12.0 Å². The normalized spacial score (nSPS) is 10.5. The van der Waals surface area contributed by atoms with Crippen molar-refractivity contribution >= 4 is 33.3 Å². The highest BCUT2D eigenvalue weighted by atomic mass is 79.9. The maximum absolute atomic E-state index is 13.7. The molecule has 2 rings (SSSR count). The zero-order valence-corrected chi connectivity index (χ0v) is 12.9. The number of anilines is 3. The van der Waals surface area contributed by atoms with Crippen LogP contribution in [0, 0.1) is 25.5 Å². The molecule has 0 aliphatic rings. The largest absolute Gasteiger partial charge is 0.371 e. The van der Waals surface area contributed by atoms with Gasteiger partial charge in [-0.05, 0) is 37.1 Å². The third-order valence-electron chi connectivity index (χ3n) is 2.87. The van der Waals surface area contributed by atoms with E-state index in [1.54, 1.807) is 0 Å². The Bertz CT molecular complexity index is 636. The SMILES string of the molecule is CNc1nc(Nc2cc(C)c(Br)c(C)c2)c(F)cc1F. The third kappa shape index (κ3) is 2.90. The smallest absolute Gasteiger partial charge is 0.169 e. The number of aryl methyl sites for hydroxylation is 2. The Labute approximate surface area is 124 Å². The molecule has 2 N–H and O–H groups in total. The van der Waals surface area contributed by atoms with E-state index in [1.807, 2.05) is 26.0 Å². The number of hydrogen-bond acceptors (Lipinski definition) is 3. The second-order valence-corrected chi connectivity index (χ2v) is 5.24. The molecule has 1 heterocycles. The van der Waals surface area contributed by atoms with E-state index in [0.29, 0.717) is 5.69 Å². The van der Waals surface area contributed by atoms with Gasteiger partial charge < -0.3 is 10.6 Å². The highest BCUT2D eigenvalue weighted by Gasteiger charge is 2.12. The Kier molecular flexibility index (Phi) is 4.23. The zero-order chi connectivity index (χ0) is 14.9. The van der Waals surface area contributed by atoms with Gasteiger partial charge >= 0.3 is 0 Å². The molecule has 0 bridgehead atoms. The first-order valence-corrected chi connectivity index (χ1v) is 6.79. The Morgan fingerprint density at radius 2 is 1.55 bits per heavy atom. The monoisotopic (exact) mass is 341 g/mol. The van der Waals surface area contributed by atoms with E-state index in [4.69, 9.17) is 0 Å². The molecule has 0 unspecified atom stereocenters. The first-order chi connectivity index (χ1) is 9.42. The lowest BCUT2D eigenvalue weighted by Gasteiger charge is -2.12. The minimum absolute atomic E-state index is 0.000504. The van der Waals surface area contributed by atoms with Gasteiger partial charge in [0.1, 0.15) is 0 Å². The van der Waals surface area contributed by atoms with Gasteiger partial charge in [0.25, 0.3) is 0 Å². The van der Waals surface area contributed by atoms with Crippen LogP contribution in [0.3, 0.4) is 0 Å². The van der Waals surface area contributed by atoms with Gasteiger partial charge in [-0.3, -0.25) is 0 Å². The van der Waals surface area contributed by atoms with Crippen molar-refractivity contribution in [2.45, 2.75) is 13.8 Å². The molecule has 3 nitrogen and oxygen atoms in total. The van der Waals surface area contributed by atoms with Gasteiger partial charge in [0, 0.05) is 23.3 Å². The molecule has 0 spiro atoms. The summed E-state index contributed by atoms with van der Waals surface area (Å²) in [4.78, 5) is 3.88. The van der Waals surface area contributed by atoms with Crippen LogP contribution < -0.4 is 10.6 Å². The second-order valence-electron chi connectivity index (χ2n) is 4.45. The molecule has 6 heteroatoms. The van der Waals surface area contributed by atoms with Gasteiger partial charge in [-0.25, -0.2) is 13.8 Å². The standard InChI is InChI=1S/C14H14BrF2N3/c1-7-4-9(5-8(2)12(7)15)19-14-11(17)6-10(16)13(18-3)20-14/h4-6H,1-3H3,(H2,18,19,20). The molecule has 20 heavy (non-hydrogen) atoms. The molecule has 0 aliphatic carbocycles. The van der Waals surface area contributed by atoms with E-state index in [1.165, 1.54) is 7.05 Å². The quantitative estimate of drug-likeness (QED) is 0.861. The summed E-state index contributed by atoms with van der Waals surface area (Å²) in [5.41, 5.74) is 2.73. The number of pyridine rings is 1. The summed E-state index contributed by atoms with van der Waals surface area (Å²) in [5.74, 6) is -1.48. The van der Waals surface area contributed by atoms with Crippen LogP contribution in [0.1, 0.15) is 11.1 Å². The summed E-state index contributed by atoms with van der Waals surface area (Å²) < 4.78 is 28.1. The predicted octanol–water partition coefficient (Wildman–Crippen LogP) is 4.52. The van der Waals surface area contributed by atoms with E-state index in [-0.39, 0.29) is 11.6 Å². The minimum atomic E-state index is -0.736. The minimum Gasteiger partial charge on any atom is -0.371 e. The van der Waals surface area contributed by atoms with Gasteiger partial charge in [-0.1, -0.05) is 15.9 Å². The van der Waals surface area contributed by atoms with Gasteiger partial charge in [0.2, 0.25) is 0 Å². The van der Waals surface area contributed by atoms with E-state index >= 15 is 0 Å². The first-order valence-electron chi connectivity index (χ1n) is 6.00. The summed E-state index contributed by atoms with van der Waals surface area (Å²) >= 11 is 3.47. The number of aromatic nitrogens is 1. The number of rotatable bonds is 3. The van der Waals surface area contributed by atoms with Crippen molar-refractivity contribution in [3.63, 3.8) is 0 Å². The van der Waals surface area contributed by atoms with Crippen molar-refractivity contribution in [1.29, 1.82) is 0 Å². The molecule has 0 atom stereocenters. The molecule has 0 aliphatic heterocycles. The van der Waals surface area contributed by atoms with E-state index in [2.05, 4.69) is 31.5 Å². The summed E-state index contributed by atoms with van der Waals surface area (Å²) in [6, 6.07) is 4.53. The zero-order valence-electron chi connectivity index (χ0n) is 11.3. The highest BCUT2D eigenvalue weighted by Crippen LogP contribution is 2.28. The Morgan fingerprint density at radius 1 is 1.00 bits per heavy atom. The fourth-order valence-electron chi connectivity index (χ4n) is 1.88. The lowest BCUT2D eigenvalue weighted by atomic mass is 10.1. The molecule has 0 amide bonds. The lowest BCUT2D eigenvalue weighted by molar-refractivity contribution is 0.580. The molecule has 0 fully saturated rings. The maximum Gasteiger partial charge on any atom is 0.169 e. The average molecular weight is 342 g/mol. The molecular formula is C14H14BrF2N3. The van der Waals surface area contributed by atoms with Gasteiger partial charge in [-0.2, -0.15) is 0 Å². The van der Waals surface area contributed by atoms with Crippen molar-refractivity contribution in [2.24, 2.45) is 0 Å². The second kappa shape index (κ2) is 5.75. The number of halogens is 3. The van der Waals surface area contributed by atoms with Crippen LogP contribution in [0.4, 0.5) is 26.1 Å². The van der Waals surface area contributed by atoms with Crippen LogP contribution in [0.15, 0.2) is 22.7 Å². The van der Waals surface area contributed by atoms with Crippen LogP contribution in [0.5, 0.6) is 0 Å². The third-order valence-corrected chi connectivity index (χ3v) is 4.12. The average Bonchev–Trinajstić information content (AvgIpc) is 2.39. The number of nitrogens with one attached hydrogen (secondary N) is 2. The molecule has 0 saturated heterocycles. The van der Waals surface area contributed by atoms with E-state index < -0.39 is 11.6 Å². The highest BCUT2D eigenvalue weighted by molar-refractivity contribution is 9.10. The van der Waals surface area contributed by atoms with Crippen molar-refractivity contribution < 1.29 is 8.78 Å². The van der Waals surface area contributed by atoms with Crippen molar-refractivity contribution in [3.05, 3.63) is 45.4 Å². The summed E-state index contributed by atoms with van der Waals surface area (Å²) in [6.45, 7) is 3.88. The molecule has 106 valence electrons. The van der Waals surface area contributed by atoms with Gasteiger partial charge in [-0.15, -0.1) is 0 Å². The fourth-order valence-corrected chi connectivity index (χ4v) is 2.11. The van der Waals surface area contributed by atoms with Crippen LogP contribution >= 0.6 is 15.9 Å². The molecule has 0 radical (unpaired) electrons. The van der Waals surface area contributed by atoms with Crippen LogP contribution in [0.25, 0.3) is 0 Å². The number of nitrogens with zero attached hydrogens (tertiary/aromatic N) is 1. The summed E-state index contributed by atoms with van der Waals surface area (Å²) in [7, 11) is 1.53. The van der Waals surface area contributed by atoms with Gasteiger partial charge in [0.15, 0.2) is 23.3 Å². The lowest BCUT2D eigenvalue weighted by Crippen LogP contribution is -2.04. The number of benzene rings is 1. The number of hydrogen-bond donors (Lipinski definition) is 2. The Balaban J connectivity index is 2.39. The summed E-state index contributed by atoms with van der Waals surface area (Å²) in [5, 5.41) is 5.45. The Hall–Kier alpha value is -1.69. The van der Waals surface area contributed by atoms with E-state index in [9.17, 15) is 8.78 Å². The molecule has 2 aromatic rings.